The summed E-state index contributed by atoms with van der Waals surface area (Å²) in [6.07, 6.45) is -0.668. The molecule has 0 aliphatic carbocycles. The normalized spacial score (nSPS) is 12.3. The van der Waals surface area contributed by atoms with E-state index in [1.807, 2.05) is 43.4 Å². The molecule has 1 atom stereocenters. The quantitative estimate of drug-likeness (QED) is 0.691. The van der Waals surface area contributed by atoms with Crippen molar-refractivity contribution in [2.45, 2.75) is 12.6 Å². The summed E-state index contributed by atoms with van der Waals surface area (Å²) in [5.74, 6) is 2.24. The van der Waals surface area contributed by atoms with Crippen molar-refractivity contribution in [3.8, 4) is 11.5 Å². The monoisotopic (exact) mass is 341 g/mol. The van der Waals surface area contributed by atoms with Crippen molar-refractivity contribution >= 4 is 11.0 Å². The van der Waals surface area contributed by atoms with E-state index in [1.165, 1.54) is 0 Å². The third-order valence-electron chi connectivity index (χ3n) is 4.26. The van der Waals surface area contributed by atoms with Gasteiger partial charge in [0, 0.05) is 19.7 Å². The highest BCUT2D eigenvalue weighted by molar-refractivity contribution is 5.75. The average Bonchev–Trinajstić information content (AvgIpc) is 2.97. The van der Waals surface area contributed by atoms with Crippen LogP contribution in [0.25, 0.3) is 11.0 Å². The number of methoxy groups -OCH3 is 2. The van der Waals surface area contributed by atoms with Crippen molar-refractivity contribution in [1.82, 2.24) is 14.9 Å². The lowest BCUT2D eigenvalue weighted by Gasteiger charge is -2.14. The van der Waals surface area contributed by atoms with Gasteiger partial charge in [0.1, 0.15) is 17.3 Å². The van der Waals surface area contributed by atoms with E-state index in [2.05, 4.69) is 14.9 Å². The molecule has 1 unspecified atom stereocenters. The first-order chi connectivity index (χ1) is 12.1. The summed E-state index contributed by atoms with van der Waals surface area (Å²) in [5, 5.41) is 13.7. The molecule has 0 saturated carbocycles. The van der Waals surface area contributed by atoms with Gasteiger partial charge < -0.3 is 24.5 Å². The SMILES string of the molecule is COc1cc(OC)cc(C(O)CNCc2nc3ccccc3n2C)c1. The van der Waals surface area contributed by atoms with E-state index >= 15 is 0 Å². The molecule has 0 saturated heterocycles. The minimum absolute atomic E-state index is 0.402. The second-order valence-corrected chi connectivity index (χ2v) is 5.87. The van der Waals surface area contributed by atoms with Crippen LogP contribution < -0.4 is 14.8 Å². The Bertz CT molecular complexity index is 838. The highest BCUT2D eigenvalue weighted by Crippen LogP contribution is 2.26. The van der Waals surface area contributed by atoms with Gasteiger partial charge in [-0.3, -0.25) is 0 Å². The molecule has 3 aromatic rings. The van der Waals surface area contributed by atoms with Crippen LogP contribution in [0, 0.1) is 0 Å². The Hall–Kier alpha value is -2.57. The zero-order valence-electron chi connectivity index (χ0n) is 14.7. The van der Waals surface area contributed by atoms with Crippen LogP contribution in [0.4, 0.5) is 0 Å². The first-order valence-corrected chi connectivity index (χ1v) is 8.14. The Labute approximate surface area is 147 Å². The number of rotatable bonds is 7. The fraction of sp³-hybridized carbons (Fsp3) is 0.316. The van der Waals surface area contributed by atoms with Crippen LogP contribution in [-0.4, -0.2) is 35.4 Å². The highest BCUT2D eigenvalue weighted by atomic mass is 16.5. The molecule has 0 fully saturated rings. The predicted molar refractivity (Wildman–Crippen MR) is 96.9 cm³/mol. The molecule has 132 valence electrons. The maximum absolute atomic E-state index is 10.4. The van der Waals surface area contributed by atoms with Crippen molar-refractivity contribution in [3.05, 3.63) is 53.9 Å². The number of aliphatic hydroxyl groups excluding tert-OH is 1. The van der Waals surface area contributed by atoms with E-state index in [4.69, 9.17) is 9.47 Å². The molecule has 0 aliphatic heterocycles. The smallest absolute Gasteiger partial charge is 0.123 e. The van der Waals surface area contributed by atoms with Crippen molar-refractivity contribution in [2.75, 3.05) is 20.8 Å². The van der Waals surface area contributed by atoms with E-state index in [0.717, 1.165) is 22.4 Å². The zero-order valence-corrected chi connectivity index (χ0v) is 14.7. The van der Waals surface area contributed by atoms with E-state index in [9.17, 15) is 5.11 Å². The van der Waals surface area contributed by atoms with Gasteiger partial charge in [0.15, 0.2) is 0 Å². The number of nitrogens with one attached hydrogen (secondary N) is 1. The third kappa shape index (κ3) is 3.75. The van der Waals surface area contributed by atoms with Crippen molar-refractivity contribution in [1.29, 1.82) is 0 Å². The van der Waals surface area contributed by atoms with E-state index in [0.29, 0.717) is 24.6 Å². The number of aryl methyl sites for hydroxylation is 1. The zero-order chi connectivity index (χ0) is 17.8. The molecule has 0 spiro atoms. The molecule has 25 heavy (non-hydrogen) atoms. The molecule has 0 amide bonds. The minimum Gasteiger partial charge on any atom is -0.497 e. The summed E-state index contributed by atoms with van der Waals surface area (Å²) in [7, 11) is 5.18. The summed E-state index contributed by atoms with van der Waals surface area (Å²) in [4.78, 5) is 4.62. The molecular weight excluding hydrogens is 318 g/mol. The van der Waals surface area contributed by atoms with Crippen LogP contribution >= 0.6 is 0 Å². The molecule has 6 nitrogen and oxygen atoms in total. The number of imidazole rings is 1. The fourth-order valence-corrected chi connectivity index (χ4v) is 2.81. The lowest BCUT2D eigenvalue weighted by molar-refractivity contribution is 0.173. The van der Waals surface area contributed by atoms with Gasteiger partial charge >= 0.3 is 0 Å². The van der Waals surface area contributed by atoms with E-state index in [1.54, 1.807) is 20.3 Å². The number of fused-ring (bicyclic) bond motifs is 1. The average molecular weight is 341 g/mol. The second-order valence-electron chi connectivity index (χ2n) is 5.87. The summed E-state index contributed by atoms with van der Waals surface area (Å²) >= 11 is 0. The lowest BCUT2D eigenvalue weighted by Crippen LogP contribution is -2.22. The van der Waals surface area contributed by atoms with Crippen molar-refractivity contribution in [2.24, 2.45) is 7.05 Å². The summed E-state index contributed by atoms with van der Waals surface area (Å²) in [6.45, 7) is 0.975. The van der Waals surface area contributed by atoms with Crippen LogP contribution in [0.15, 0.2) is 42.5 Å². The maximum atomic E-state index is 10.4. The Balaban J connectivity index is 1.66. The minimum atomic E-state index is -0.668. The maximum Gasteiger partial charge on any atom is 0.123 e. The van der Waals surface area contributed by atoms with Crippen LogP contribution in [0.3, 0.4) is 0 Å². The largest absolute Gasteiger partial charge is 0.497 e. The van der Waals surface area contributed by atoms with Crippen LogP contribution in [0.2, 0.25) is 0 Å². The summed E-state index contributed by atoms with van der Waals surface area (Å²) < 4.78 is 12.6. The molecule has 3 rings (SSSR count). The van der Waals surface area contributed by atoms with Crippen LogP contribution in [0.5, 0.6) is 11.5 Å². The summed E-state index contributed by atoms with van der Waals surface area (Å²) in [5.41, 5.74) is 2.81. The Morgan fingerprint density at radius 2 is 1.80 bits per heavy atom. The number of hydrogen-bond acceptors (Lipinski definition) is 5. The van der Waals surface area contributed by atoms with Gasteiger partial charge in [-0.15, -0.1) is 0 Å². The molecule has 2 N–H and O–H groups in total. The lowest BCUT2D eigenvalue weighted by atomic mass is 10.1. The highest BCUT2D eigenvalue weighted by Gasteiger charge is 2.12. The molecular formula is C19H23N3O3. The van der Waals surface area contributed by atoms with Gasteiger partial charge in [0.25, 0.3) is 0 Å². The Morgan fingerprint density at radius 3 is 2.44 bits per heavy atom. The molecule has 1 heterocycles. The van der Waals surface area contributed by atoms with Gasteiger partial charge in [-0.2, -0.15) is 0 Å². The van der Waals surface area contributed by atoms with Gasteiger partial charge in [-0.1, -0.05) is 12.1 Å². The van der Waals surface area contributed by atoms with Crippen LogP contribution in [-0.2, 0) is 13.6 Å². The Morgan fingerprint density at radius 1 is 1.12 bits per heavy atom. The van der Waals surface area contributed by atoms with Gasteiger partial charge in [0.2, 0.25) is 0 Å². The standard InChI is InChI=1S/C19H23N3O3/c1-22-17-7-5-4-6-16(17)21-19(22)12-20-11-18(23)13-8-14(24-2)10-15(9-13)25-3/h4-10,18,20,23H,11-12H2,1-3H3. The van der Waals surface area contributed by atoms with Crippen molar-refractivity contribution in [3.63, 3.8) is 0 Å². The molecule has 0 radical (unpaired) electrons. The molecule has 0 aliphatic rings. The first-order valence-electron chi connectivity index (χ1n) is 8.14. The topological polar surface area (TPSA) is 68.5 Å². The number of ether oxygens (including phenoxy) is 2. The molecule has 1 aromatic heterocycles. The van der Waals surface area contributed by atoms with E-state index in [-0.39, 0.29) is 0 Å². The second kappa shape index (κ2) is 7.55. The number of hydrogen-bond donors (Lipinski definition) is 2. The van der Waals surface area contributed by atoms with Gasteiger partial charge in [-0.25, -0.2) is 4.98 Å². The van der Waals surface area contributed by atoms with Crippen LogP contribution in [0.1, 0.15) is 17.5 Å². The molecule has 6 heteroatoms. The summed E-state index contributed by atoms with van der Waals surface area (Å²) in [6, 6.07) is 13.4. The van der Waals surface area contributed by atoms with E-state index < -0.39 is 6.10 Å². The number of benzene rings is 2. The number of para-hydroxylation sites is 2. The Kier molecular flexibility index (Phi) is 5.21. The third-order valence-corrected chi connectivity index (χ3v) is 4.26. The number of nitrogens with zero attached hydrogens (tertiary/aromatic N) is 2. The van der Waals surface area contributed by atoms with Gasteiger partial charge in [-0.05, 0) is 29.8 Å². The first kappa shape index (κ1) is 17.3. The fourth-order valence-electron chi connectivity index (χ4n) is 2.81. The van der Waals surface area contributed by atoms with Gasteiger partial charge in [0.05, 0.1) is 37.9 Å². The number of aromatic nitrogens is 2. The van der Waals surface area contributed by atoms with Crippen molar-refractivity contribution < 1.29 is 14.6 Å². The number of aliphatic hydroxyl groups is 1. The predicted octanol–water partition coefficient (Wildman–Crippen LogP) is 2.41. The molecule has 0 bridgehead atoms. The molecule has 2 aromatic carbocycles.